The van der Waals surface area contributed by atoms with Crippen LogP contribution in [-0.2, 0) is 25.7 Å². The third-order valence-electron chi connectivity index (χ3n) is 5.40. The summed E-state index contributed by atoms with van der Waals surface area (Å²) in [6.07, 6.45) is 8.82. The second kappa shape index (κ2) is 11.8. The summed E-state index contributed by atoms with van der Waals surface area (Å²) in [6, 6.07) is 20.3. The van der Waals surface area contributed by atoms with Gasteiger partial charge in [-0.3, -0.25) is 0 Å². The minimum Gasteiger partial charge on any atom is -0.423 e. The third kappa shape index (κ3) is 6.78. The van der Waals surface area contributed by atoms with Gasteiger partial charge in [0.2, 0.25) is 0 Å². The highest BCUT2D eigenvalue weighted by atomic mass is 19.1. The van der Waals surface area contributed by atoms with Gasteiger partial charge in [0.05, 0.1) is 5.56 Å². The number of aryl methyl sites for hydroxylation is 4. The van der Waals surface area contributed by atoms with E-state index in [1.807, 2.05) is 24.3 Å². The van der Waals surface area contributed by atoms with Crippen LogP contribution in [0.3, 0.4) is 0 Å². The number of esters is 1. The predicted molar refractivity (Wildman–Crippen MR) is 129 cm³/mol. The lowest BCUT2D eigenvalue weighted by Crippen LogP contribution is -2.09. The Morgan fingerprint density at radius 3 is 1.81 bits per heavy atom. The molecule has 2 nitrogen and oxygen atoms in total. The van der Waals surface area contributed by atoms with E-state index in [4.69, 9.17) is 4.74 Å². The van der Waals surface area contributed by atoms with Crippen molar-refractivity contribution < 1.29 is 13.9 Å². The van der Waals surface area contributed by atoms with E-state index in [0.29, 0.717) is 17.7 Å². The van der Waals surface area contributed by atoms with Gasteiger partial charge in [-0.2, -0.15) is 0 Å². The van der Waals surface area contributed by atoms with Gasteiger partial charge < -0.3 is 4.74 Å². The molecule has 0 amide bonds. The molecule has 0 aliphatic heterocycles. The molecule has 0 bridgehead atoms. The second-order valence-electron chi connectivity index (χ2n) is 7.81. The Kier molecular flexibility index (Phi) is 8.56. The molecule has 0 aliphatic rings. The van der Waals surface area contributed by atoms with Gasteiger partial charge in [0.1, 0.15) is 11.6 Å². The van der Waals surface area contributed by atoms with Gasteiger partial charge in [-0.1, -0.05) is 54.6 Å². The van der Waals surface area contributed by atoms with E-state index in [-0.39, 0.29) is 11.4 Å². The lowest BCUT2D eigenvalue weighted by Gasteiger charge is -2.08. The number of carbonyl (C=O) groups is 1. The standard InChI is InChI=1S/C29H29FO2/c1-3-5-7-22-9-11-24(12-10-22)13-16-25-17-18-26(21-28(25)30)29(31)32-27-19-14-23(15-20-27)8-6-4-2/h3-4,9-12,14-15,17-21H,1-2,5-8,13,16H2. The smallest absolute Gasteiger partial charge is 0.343 e. The zero-order valence-corrected chi connectivity index (χ0v) is 18.4. The molecule has 3 aromatic carbocycles. The summed E-state index contributed by atoms with van der Waals surface area (Å²) in [6.45, 7) is 7.46. The molecule has 164 valence electrons. The normalized spacial score (nSPS) is 10.5. The Bertz CT molecular complexity index is 1050. The van der Waals surface area contributed by atoms with Crippen LogP contribution >= 0.6 is 0 Å². The maximum Gasteiger partial charge on any atom is 0.343 e. The molecule has 0 aromatic heterocycles. The fourth-order valence-electron chi connectivity index (χ4n) is 3.46. The number of ether oxygens (including phenoxy) is 1. The van der Waals surface area contributed by atoms with E-state index < -0.39 is 5.97 Å². The molecule has 0 fully saturated rings. The molecule has 0 atom stereocenters. The minimum absolute atomic E-state index is 0.202. The van der Waals surface area contributed by atoms with Gasteiger partial charge in [0.25, 0.3) is 0 Å². The second-order valence-corrected chi connectivity index (χ2v) is 7.81. The van der Waals surface area contributed by atoms with Crippen LogP contribution in [0.5, 0.6) is 5.75 Å². The molecular formula is C29H29FO2. The Balaban J connectivity index is 1.56. The Hall–Kier alpha value is -3.46. The van der Waals surface area contributed by atoms with Gasteiger partial charge in [-0.15, -0.1) is 13.2 Å². The van der Waals surface area contributed by atoms with Crippen LogP contribution in [0.4, 0.5) is 4.39 Å². The highest BCUT2D eigenvalue weighted by molar-refractivity contribution is 5.91. The van der Waals surface area contributed by atoms with Crippen molar-refractivity contribution in [3.8, 4) is 5.75 Å². The molecule has 32 heavy (non-hydrogen) atoms. The molecule has 0 spiro atoms. The molecule has 3 rings (SSSR count). The predicted octanol–water partition coefficient (Wildman–Crippen LogP) is 7.07. The summed E-state index contributed by atoms with van der Waals surface area (Å²) < 4.78 is 20.0. The molecule has 3 aromatic rings. The number of carbonyl (C=O) groups excluding carboxylic acids is 1. The molecule has 0 N–H and O–H groups in total. The van der Waals surface area contributed by atoms with Crippen molar-refractivity contribution in [2.45, 2.75) is 38.5 Å². The zero-order chi connectivity index (χ0) is 22.8. The van der Waals surface area contributed by atoms with Crippen molar-refractivity contribution in [1.82, 2.24) is 0 Å². The lowest BCUT2D eigenvalue weighted by atomic mass is 10.0. The maximum absolute atomic E-state index is 14.6. The van der Waals surface area contributed by atoms with Crippen LogP contribution in [0.1, 0.15) is 45.5 Å². The first-order valence-electron chi connectivity index (χ1n) is 11.0. The summed E-state index contributed by atoms with van der Waals surface area (Å²) in [5, 5.41) is 0. The third-order valence-corrected chi connectivity index (χ3v) is 5.40. The fourth-order valence-corrected chi connectivity index (χ4v) is 3.46. The highest BCUT2D eigenvalue weighted by Gasteiger charge is 2.12. The number of allylic oxidation sites excluding steroid dienone is 2. The molecular weight excluding hydrogens is 399 g/mol. The van der Waals surface area contributed by atoms with E-state index in [1.165, 1.54) is 11.6 Å². The summed E-state index contributed by atoms with van der Waals surface area (Å²) in [5.74, 6) is -0.510. The van der Waals surface area contributed by atoms with E-state index in [0.717, 1.165) is 43.2 Å². The van der Waals surface area contributed by atoms with Crippen molar-refractivity contribution >= 4 is 5.97 Å². The molecule has 0 aliphatic carbocycles. The summed E-state index contributed by atoms with van der Waals surface area (Å²) in [4.78, 5) is 12.4. The monoisotopic (exact) mass is 428 g/mol. The van der Waals surface area contributed by atoms with Crippen molar-refractivity contribution in [3.63, 3.8) is 0 Å². The van der Waals surface area contributed by atoms with Gasteiger partial charge >= 0.3 is 5.97 Å². The van der Waals surface area contributed by atoms with Gasteiger partial charge in [-0.25, -0.2) is 9.18 Å². The van der Waals surface area contributed by atoms with E-state index >= 15 is 0 Å². The van der Waals surface area contributed by atoms with Crippen molar-refractivity contribution in [3.05, 3.63) is 126 Å². The quantitative estimate of drug-likeness (QED) is 0.185. The van der Waals surface area contributed by atoms with Crippen LogP contribution in [0, 0.1) is 5.82 Å². The summed E-state index contributed by atoms with van der Waals surface area (Å²) >= 11 is 0. The minimum atomic E-state index is -0.565. The molecule has 0 radical (unpaired) electrons. The number of hydrogen-bond acceptors (Lipinski definition) is 2. The zero-order valence-electron chi connectivity index (χ0n) is 18.4. The highest BCUT2D eigenvalue weighted by Crippen LogP contribution is 2.18. The van der Waals surface area contributed by atoms with Crippen molar-refractivity contribution in [2.24, 2.45) is 0 Å². The van der Waals surface area contributed by atoms with Crippen LogP contribution in [0.25, 0.3) is 0 Å². The van der Waals surface area contributed by atoms with Crippen LogP contribution in [-0.4, -0.2) is 5.97 Å². The molecule has 3 heteroatoms. The number of benzene rings is 3. The van der Waals surface area contributed by atoms with Crippen LogP contribution < -0.4 is 4.74 Å². The average Bonchev–Trinajstić information content (AvgIpc) is 2.82. The first kappa shape index (κ1) is 23.2. The summed E-state index contributed by atoms with van der Waals surface area (Å²) in [7, 11) is 0. The lowest BCUT2D eigenvalue weighted by molar-refractivity contribution is 0.0734. The van der Waals surface area contributed by atoms with E-state index in [9.17, 15) is 9.18 Å². The Morgan fingerprint density at radius 1 is 0.750 bits per heavy atom. The average molecular weight is 429 g/mol. The van der Waals surface area contributed by atoms with Crippen molar-refractivity contribution in [2.75, 3.05) is 0 Å². The molecule has 0 saturated carbocycles. The van der Waals surface area contributed by atoms with E-state index in [2.05, 4.69) is 37.4 Å². The summed E-state index contributed by atoms with van der Waals surface area (Å²) in [5.41, 5.74) is 4.37. The van der Waals surface area contributed by atoms with Crippen molar-refractivity contribution in [1.29, 1.82) is 0 Å². The Morgan fingerprint density at radius 2 is 1.28 bits per heavy atom. The van der Waals surface area contributed by atoms with Crippen LogP contribution in [0.2, 0.25) is 0 Å². The molecule has 0 unspecified atom stereocenters. The van der Waals surface area contributed by atoms with Crippen LogP contribution in [0.15, 0.2) is 92.0 Å². The van der Waals surface area contributed by atoms with Gasteiger partial charge in [0, 0.05) is 0 Å². The first-order valence-corrected chi connectivity index (χ1v) is 11.0. The topological polar surface area (TPSA) is 26.3 Å². The largest absolute Gasteiger partial charge is 0.423 e. The van der Waals surface area contributed by atoms with E-state index in [1.54, 1.807) is 24.3 Å². The molecule has 0 heterocycles. The number of halogens is 1. The SMILES string of the molecule is C=CCCc1ccc(CCc2ccc(C(=O)Oc3ccc(CCC=C)cc3)cc2F)cc1. The fraction of sp³-hybridized carbons (Fsp3) is 0.207. The van der Waals surface area contributed by atoms with Gasteiger partial charge in [0.15, 0.2) is 0 Å². The number of rotatable bonds is 11. The molecule has 0 saturated heterocycles. The first-order chi connectivity index (χ1) is 15.6. The van der Waals surface area contributed by atoms with Gasteiger partial charge in [-0.05, 0) is 85.0 Å². The Labute approximate surface area is 190 Å². The number of hydrogen-bond donors (Lipinski definition) is 0. The maximum atomic E-state index is 14.6.